The Bertz CT molecular complexity index is 649. The van der Waals surface area contributed by atoms with Gasteiger partial charge in [0.2, 0.25) is 5.91 Å². The molecule has 2 amide bonds. The highest BCUT2D eigenvalue weighted by Crippen LogP contribution is 2.14. The van der Waals surface area contributed by atoms with Crippen molar-refractivity contribution in [1.82, 2.24) is 10.9 Å². The highest BCUT2D eigenvalue weighted by atomic mass is 16.3. The highest BCUT2D eigenvalue weighted by molar-refractivity contribution is 5.95. The Balaban J connectivity index is 2.08. The number of hydrazine groups is 1. The number of amides is 2. The summed E-state index contributed by atoms with van der Waals surface area (Å²) in [6.45, 7) is 3.46. The summed E-state index contributed by atoms with van der Waals surface area (Å²) in [7, 11) is 0. The van der Waals surface area contributed by atoms with E-state index in [0.717, 1.165) is 0 Å². The fourth-order valence-electron chi connectivity index (χ4n) is 2.03. The van der Waals surface area contributed by atoms with Crippen molar-refractivity contribution in [3.8, 4) is 0 Å². The van der Waals surface area contributed by atoms with Gasteiger partial charge in [-0.2, -0.15) is 0 Å². The Hall–Kier alpha value is -2.60. The minimum absolute atomic E-state index is 0.383. The first-order valence-electron chi connectivity index (χ1n) is 6.46. The largest absolute Gasteiger partial charge is 0.466 e. The van der Waals surface area contributed by atoms with Crippen molar-refractivity contribution >= 4 is 11.8 Å². The lowest BCUT2D eigenvalue weighted by Crippen LogP contribution is -2.45. The molecule has 1 heterocycles. The quantitative estimate of drug-likeness (QED) is 0.723. The fourth-order valence-corrected chi connectivity index (χ4v) is 2.03. The molecule has 2 aromatic rings. The van der Waals surface area contributed by atoms with Gasteiger partial charge < -0.3 is 10.2 Å². The maximum absolute atomic E-state index is 12.1. The first-order chi connectivity index (χ1) is 9.99. The lowest BCUT2D eigenvalue weighted by molar-refractivity contribution is -0.120. The van der Waals surface area contributed by atoms with Gasteiger partial charge in [0, 0.05) is 0 Å². The number of rotatable bonds is 5. The predicted octanol–water partition coefficient (Wildman–Crippen LogP) is 1.36. The molecule has 2 rings (SSSR count). The fraction of sp³-hybridized carbons (Fsp3) is 0.200. The van der Waals surface area contributed by atoms with Gasteiger partial charge in [0.1, 0.15) is 17.6 Å². The van der Waals surface area contributed by atoms with Crippen molar-refractivity contribution in [2.24, 2.45) is 5.73 Å². The number of carbonyl (C=O) groups is 2. The van der Waals surface area contributed by atoms with Crippen LogP contribution >= 0.6 is 0 Å². The summed E-state index contributed by atoms with van der Waals surface area (Å²) in [5.41, 5.74) is 11.6. The van der Waals surface area contributed by atoms with Crippen molar-refractivity contribution in [1.29, 1.82) is 0 Å². The third kappa shape index (κ3) is 3.49. The zero-order chi connectivity index (χ0) is 15.4. The molecule has 110 valence electrons. The van der Waals surface area contributed by atoms with Crippen molar-refractivity contribution in [3.05, 3.63) is 59.0 Å². The van der Waals surface area contributed by atoms with Gasteiger partial charge in [-0.3, -0.25) is 15.0 Å². The molecule has 6 nitrogen and oxygen atoms in total. The SMILES string of the molecule is Cc1cc(C(=O)NNC(C(N)=O)c2ccccc2)c(C)o1. The van der Waals surface area contributed by atoms with E-state index < -0.39 is 11.9 Å². The first-order valence-corrected chi connectivity index (χ1v) is 6.46. The molecule has 0 aliphatic carbocycles. The molecular formula is C15H17N3O3. The highest BCUT2D eigenvalue weighted by Gasteiger charge is 2.19. The van der Waals surface area contributed by atoms with Crippen molar-refractivity contribution < 1.29 is 14.0 Å². The number of aryl methyl sites for hydroxylation is 2. The molecule has 4 N–H and O–H groups in total. The molecule has 0 aliphatic rings. The Morgan fingerprint density at radius 3 is 2.38 bits per heavy atom. The number of carbonyl (C=O) groups excluding carboxylic acids is 2. The molecule has 0 saturated carbocycles. The van der Waals surface area contributed by atoms with Crippen molar-refractivity contribution in [3.63, 3.8) is 0 Å². The predicted molar refractivity (Wildman–Crippen MR) is 77.2 cm³/mol. The number of nitrogens with two attached hydrogens (primary N) is 1. The summed E-state index contributed by atoms with van der Waals surface area (Å²) in [4.78, 5) is 23.6. The molecule has 1 aromatic carbocycles. The Kier molecular flexibility index (Phi) is 4.39. The monoisotopic (exact) mass is 287 g/mol. The molecular weight excluding hydrogens is 270 g/mol. The van der Waals surface area contributed by atoms with Crippen LogP contribution in [0.3, 0.4) is 0 Å². The lowest BCUT2D eigenvalue weighted by atomic mass is 10.1. The first kappa shape index (κ1) is 14.8. The Morgan fingerprint density at radius 1 is 1.19 bits per heavy atom. The van der Waals surface area contributed by atoms with E-state index in [0.29, 0.717) is 22.6 Å². The maximum Gasteiger partial charge on any atom is 0.268 e. The van der Waals surface area contributed by atoms with E-state index in [9.17, 15) is 9.59 Å². The molecule has 6 heteroatoms. The van der Waals surface area contributed by atoms with Crippen LogP contribution in [0.4, 0.5) is 0 Å². The summed E-state index contributed by atoms with van der Waals surface area (Å²) in [5, 5.41) is 0. The molecule has 1 unspecified atom stereocenters. The van der Waals surface area contributed by atoms with Crippen LogP contribution in [0.5, 0.6) is 0 Å². The van der Waals surface area contributed by atoms with E-state index in [1.165, 1.54) is 0 Å². The molecule has 1 atom stereocenters. The van der Waals surface area contributed by atoms with Crippen LogP contribution in [0.25, 0.3) is 0 Å². The van der Waals surface area contributed by atoms with Gasteiger partial charge in [-0.25, -0.2) is 5.43 Å². The Labute approximate surface area is 122 Å². The van der Waals surface area contributed by atoms with Crippen LogP contribution in [0, 0.1) is 13.8 Å². The molecule has 21 heavy (non-hydrogen) atoms. The molecule has 1 aromatic heterocycles. The lowest BCUT2D eigenvalue weighted by Gasteiger charge is -2.16. The minimum Gasteiger partial charge on any atom is -0.466 e. The van der Waals surface area contributed by atoms with Crippen molar-refractivity contribution in [2.45, 2.75) is 19.9 Å². The number of primary amides is 1. The van der Waals surface area contributed by atoms with E-state index in [1.54, 1.807) is 44.2 Å². The molecule has 0 spiro atoms. The summed E-state index contributed by atoms with van der Waals surface area (Å²) < 4.78 is 5.29. The number of nitrogens with one attached hydrogen (secondary N) is 2. The molecule has 0 fully saturated rings. The summed E-state index contributed by atoms with van der Waals surface area (Å²) in [6.07, 6.45) is 0. The van der Waals surface area contributed by atoms with Gasteiger partial charge in [0.15, 0.2) is 0 Å². The maximum atomic E-state index is 12.1. The number of hydrogen-bond acceptors (Lipinski definition) is 4. The molecule has 0 bridgehead atoms. The second kappa shape index (κ2) is 6.23. The van der Waals surface area contributed by atoms with Gasteiger partial charge in [-0.15, -0.1) is 0 Å². The van der Waals surface area contributed by atoms with Crippen LogP contribution < -0.4 is 16.6 Å². The molecule has 0 saturated heterocycles. The third-order valence-electron chi connectivity index (χ3n) is 3.03. The van der Waals surface area contributed by atoms with Crippen LogP contribution in [0.1, 0.15) is 33.5 Å². The van der Waals surface area contributed by atoms with Gasteiger partial charge in [-0.1, -0.05) is 30.3 Å². The van der Waals surface area contributed by atoms with Crippen LogP contribution in [-0.2, 0) is 4.79 Å². The zero-order valence-electron chi connectivity index (χ0n) is 11.8. The topological polar surface area (TPSA) is 97.4 Å². The van der Waals surface area contributed by atoms with Crippen molar-refractivity contribution in [2.75, 3.05) is 0 Å². The number of hydrogen-bond donors (Lipinski definition) is 3. The molecule has 0 radical (unpaired) electrons. The zero-order valence-corrected chi connectivity index (χ0v) is 11.8. The minimum atomic E-state index is -0.802. The average molecular weight is 287 g/mol. The van der Waals surface area contributed by atoms with E-state index >= 15 is 0 Å². The number of benzene rings is 1. The molecule has 0 aliphatic heterocycles. The van der Waals surface area contributed by atoms with E-state index in [4.69, 9.17) is 10.2 Å². The van der Waals surface area contributed by atoms with Gasteiger partial charge in [-0.05, 0) is 25.5 Å². The second-order valence-corrected chi connectivity index (χ2v) is 4.67. The number of furan rings is 1. The van der Waals surface area contributed by atoms with E-state index in [1.807, 2.05) is 6.07 Å². The summed E-state index contributed by atoms with van der Waals surface area (Å²) in [5.74, 6) is 0.197. The smallest absolute Gasteiger partial charge is 0.268 e. The van der Waals surface area contributed by atoms with Gasteiger partial charge in [0.25, 0.3) is 5.91 Å². The van der Waals surface area contributed by atoms with E-state index in [2.05, 4.69) is 10.9 Å². The normalized spacial score (nSPS) is 11.9. The van der Waals surface area contributed by atoms with E-state index in [-0.39, 0.29) is 5.91 Å². The van der Waals surface area contributed by atoms with Gasteiger partial charge >= 0.3 is 0 Å². The van der Waals surface area contributed by atoms with Gasteiger partial charge in [0.05, 0.1) is 5.56 Å². The van der Waals surface area contributed by atoms with Crippen LogP contribution in [0.2, 0.25) is 0 Å². The standard InChI is InChI=1S/C15H17N3O3/c1-9-8-12(10(2)21-9)15(20)18-17-13(14(16)19)11-6-4-3-5-7-11/h3-8,13,17H,1-2H3,(H2,16,19)(H,18,20). The Morgan fingerprint density at radius 2 is 1.86 bits per heavy atom. The summed E-state index contributed by atoms with van der Waals surface area (Å²) in [6, 6.07) is 9.75. The van der Waals surface area contributed by atoms with Crippen LogP contribution in [0.15, 0.2) is 40.8 Å². The summed E-state index contributed by atoms with van der Waals surface area (Å²) >= 11 is 0. The second-order valence-electron chi connectivity index (χ2n) is 4.67. The van der Waals surface area contributed by atoms with Crippen LogP contribution in [-0.4, -0.2) is 11.8 Å². The third-order valence-corrected chi connectivity index (χ3v) is 3.03. The average Bonchev–Trinajstić information content (AvgIpc) is 2.78.